The van der Waals surface area contributed by atoms with Crippen LogP contribution in [0.4, 0.5) is 0 Å². The van der Waals surface area contributed by atoms with Gasteiger partial charge in [0.15, 0.2) is 0 Å². The van der Waals surface area contributed by atoms with Gasteiger partial charge in [-0.15, -0.1) is 0 Å². The third kappa shape index (κ3) is 2.03. The lowest BCUT2D eigenvalue weighted by Crippen LogP contribution is -2.35. The van der Waals surface area contributed by atoms with E-state index >= 15 is 0 Å². The topological polar surface area (TPSA) is 130 Å². The molecule has 0 fully saturated rings. The lowest BCUT2D eigenvalue weighted by atomic mass is 10.1. The molecule has 1 aromatic rings. The molecule has 7 heteroatoms. The van der Waals surface area contributed by atoms with Gasteiger partial charge in [0.1, 0.15) is 5.75 Å². The molecule has 0 radical (unpaired) electrons. The van der Waals surface area contributed by atoms with E-state index in [4.69, 9.17) is 11.7 Å². The van der Waals surface area contributed by atoms with Crippen molar-refractivity contribution in [1.29, 1.82) is 0 Å². The molecule has 0 aliphatic rings. The summed E-state index contributed by atoms with van der Waals surface area (Å²) in [5.74, 6) is 8.02. The highest BCUT2D eigenvalue weighted by molar-refractivity contribution is 6.08. The van der Waals surface area contributed by atoms with E-state index in [0.717, 1.165) is 0 Å². The Bertz CT molecular complexity index is 405. The summed E-state index contributed by atoms with van der Waals surface area (Å²) in [6.45, 7) is 0. The number of carbonyl (C=O) groups excluding carboxylic acids is 2. The molecule has 80 valence electrons. The highest BCUT2D eigenvalue weighted by Crippen LogP contribution is 2.20. The fraction of sp³-hybridized carbons (Fsp3) is 0. The summed E-state index contributed by atoms with van der Waals surface area (Å²) in [4.78, 5) is 22.5. The van der Waals surface area contributed by atoms with Crippen molar-refractivity contribution in [3.8, 4) is 5.75 Å². The number of phenols is 1. The van der Waals surface area contributed by atoms with Gasteiger partial charge in [-0.05, 0) is 12.1 Å². The van der Waals surface area contributed by atoms with Crippen LogP contribution in [0.5, 0.6) is 5.75 Å². The normalized spacial score (nSPS) is 9.47. The summed E-state index contributed by atoms with van der Waals surface area (Å²) < 4.78 is 0. The summed E-state index contributed by atoms with van der Waals surface area (Å²) in [7, 11) is 0. The van der Waals surface area contributed by atoms with Crippen LogP contribution in [0.2, 0.25) is 0 Å². The maximum absolute atomic E-state index is 11.3. The number of hydrogen-bond acceptors (Lipinski definition) is 5. The Labute approximate surface area is 85.0 Å². The molecule has 7 N–H and O–H groups in total. The van der Waals surface area contributed by atoms with E-state index in [1.165, 1.54) is 18.2 Å². The van der Waals surface area contributed by atoms with Crippen LogP contribution in [0.3, 0.4) is 0 Å². The maximum Gasteiger partial charge on any atom is 0.269 e. The molecule has 0 saturated heterocycles. The van der Waals surface area contributed by atoms with Gasteiger partial charge in [-0.25, -0.2) is 11.7 Å². The number of carbonyl (C=O) groups is 2. The van der Waals surface area contributed by atoms with Gasteiger partial charge in [0.25, 0.3) is 11.8 Å². The largest absolute Gasteiger partial charge is 0.507 e. The molecule has 0 unspecified atom stereocenters. The molecule has 15 heavy (non-hydrogen) atoms. The van der Waals surface area contributed by atoms with Crippen LogP contribution in [-0.2, 0) is 0 Å². The summed E-state index contributed by atoms with van der Waals surface area (Å²) >= 11 is 0. The fourth-order valence-electron chi connectivity index (χ4n) is 1.12. The second kappa shape index (κ2) is 4.40. The Hall–Kier alpha value is -2.12. The zero-order chi connectivity index (χ0) is 11.4. The van der Waals surface area contributed by atoms with E-state index in [1.54, 1.807) is 0 Å². The first kappa shape index (κ1) is 11.0. The Morgan fingerprint density at radius 1 is 1.13 bits per heavy atom. The van der Waals surface area contributed by atoms with Gasteiger partial charge in [-0.1, -0.05) is 6.07 Å². The van der Waals surface area contributed by atoms with E-state index in [9.17, 15) is 14.7 Å². The minimum Gasteiger partial charge on any atom is -0.507 e. The highest BCUT2D eigenvalue weighted by Gasteiger charge is 2.19. The Morgan fingerprint density at radius 3 is 2.27 bits per heavy atom. The number of phenolic OH excluding ortho intramolecular Hbond substituents is 1. The van der Waals surface area contributed by atoms with Crippen molar-refractivity contribution in [3.63, 3.8) is 0 Å². The predicted molar refractivity (Wildman–Crippen MR) is 51.4 cm³/mol. The molecule has 0 saturated carbocycles. The van der Waals surface area contributed by atoms with E-state index in [-0.39, 0.29) is 16.9 Å². The Balaban J connectivity index is 3.32. The SMILES string of the molecule is NNC(=O)c1cccc(O)c1C(=O)NN. The van der Waals surface area contributed by atoms with Crippen LogP contribution in [0.1, 0.15) is 20.7 Å². The van der Waals surface area contributed by atoms with Crippen molar-refractivity contribution >= 4 is 11.8 Å². The van der Waals surface area contributed by atoms with Crippen LogP contribution in [0, 0.1) is 0 Å². The number of rotatable bonds is 2. The number of nitrogens with one attached hydrogen (secondary N) is 2. The highest BCUT2D eigenvalue weighted by atomic mass is 16.3. The first-order valence-electron chi connectivity index (χ1n) is 3.95. The molecule has 0 heterocycles. The second-order valence-corrected chi connectivity index (χ2v) is 2.65. The van der Waals surface area contributed by atoms with Crippen LogP contribution < -0.4 is 22.5 Å². The van der Waals surface area contributed by atoms with Crippen molar-refractivity contribution in [3.05, 3.63) is 29.3 Å². The Kier molecular flexibility index (Phi) is 3.21. The number of amides is 2. The van der Waals surface area contributed by atoms with Crippen molar-refractivity contribution < 1.29 is 14.7 Å². The number of hydrogen-bond donors (Lipinski definition) is 5. The number of benzene rings is 1. The molecule has 0 aromatic heterocycles. The standard InChI is InChI=1S/C8H10N4O3/c9-11-7(14)4-2-1-3-5(13)6(4)8(15)12-10/h1-3,13H,9-10H2,(H,11,14)(H,12,15). The fourth-order valence-corrected chi connectivity index (χ4v) is 1.12. The summed E-state index contributed by atoms with van der Waals surface area (Å²) in [5.41, 5.74) is 3.40. The molecule has 1 rings (SSSR count). The summed E-state index contributed by atoms with van der Waals surface area (Å²) in [5, 5.41) is 9.40. The van der Waals surface area contributed by atoms with Crippen molar-refractivity contribution in [2.75, 3.05) is 0 Å². The smallest absolute Gasteiger partial charge is 0.269 e. The molecule has 1 aromatic carbocycles. The average Bonchev–Trinajstić information content (AvgIpc) is 2.26. The van der Waals surface area contributed by atoms with Gasteiger partial charge in [0, 0.05) is 0 Å². The van der Waals surface area contributed by atoms with Gasteiger partial charge in [0.2, 0.25) is 0 Å². The number of nitrogen functional groups attached to an aromatic ring is 2. The molecule has 7 nitrogen and oxygen atoms in total. The first-order valence-corrected chi connectivity index (χ1v) is 3.95. The molecule has 2 amide bonds. The maximum atomic E-state index is 11.3. The molecule has 0 atom stereocenters. The van der Waals surface area contributed by atoms with Crippen LogP contribution in [0.15, 0.2) is 18.2 Å². The number of nitrogens with two attached hydrogens (primary N) is 2. The van der Waals surface area contributed by atoms with Gasteiger partial charge < -0.3 is 5.11 Å². The lowest BCUT2D eigenvalue weighted by Gasteiger charge is -2.08. The molecular weight excluding hydrogens is 200 g/mol. The molecule has 0 aliphatic heterocycles. The molecule has 0 bridgehead atoms. The third-order valence-electron chi connectivity index (χ3n) is 1.78. The second-order valence-electron chi connectivity index (χ2n) is 2.65. The van der Waals surface area contributed by atoms with E-state index in [2.05, 4.69) is 0 Å². The van der Waals surface area contributed by atoms with Crippen LogP contribution in [-0.4, -0.2) is 16.9 Å². The number of hydrazine groups is 2. The van der Waals surface area contributed by atoms with Gasteiger partial charge in [-0.2, -0.15) is 0 Å². The monoisotopic (exact) mass is 210 g/mol. The molecule has 0 aliphatic carbocycles. The van der Waals surface area contributed by atoms with Gasteiger partial charge >= 0.3 is 0 Å². The zero-order valence-corrected chi connectivity index (χ0v) is 7.65. The van der Waals surface area contributed by atoms with Crippen LogP contribution >= 0.6 is 0 Å². The zero-order valence-electron chi connectivity index (χ0n) is 7.65. The third-order valence-corrected chi connectivity index (χ3v) is 1.78. The quantitative estimate of drug-likeness (QED) is 0.233. The Morgan fingerprint density at radius 2 is 1.73 bits per heavy atom. The molecular formula is C8H10N4O3. The minimum absolute atomic E-state index is 0.0551. The van der Waals surface area contributed by atoms with Crippen LogP contribution in [0.25, 0.3) is 0 Å². The lowest BCUT2D eigenvalue weighted by molar-refractivity contribution is 0.0917. The summed E-state index contributed by atoms with van der Waals surface area (Å²) in [6, 6.07) is 4.01. The van der Waals surface area contributed by atoms with Gasteiger partial charge in [-0.3, -0.25) is 20.4 Å². The minimum atomic E-state index is -0.772. The van der Waals surface area contributed by atoms with E-state index < -0.39 is 11.8 Å². The van der Waals surface area contributed by atoms with Crippen molar-refractivity contribution in [2.45, 2.75) is 0 Å². The van der Waals surface area contributed by atoms with E-state index in [1.807, 2.05) is 10.9 Å². The van der Waals surface area contributed by atoms with Gasteiger partial charge in [0.05, 0.1) is 11.1 Å². The van der Waals surface area contributed by atoms with Crippen molar-refractivity contribution in [2.24, 2.45) is 11.7 Å². The predicted octanol–water partition coefficient (Wildman–Crippen LogP) is -1.40. The first-order chi connectivity index (χ1) is 7.11. The molecule has 0 spiro atoms. The average molecular weight is 210 g/mol. The summed E-state index contributed by atoms with van der Waals surface area (Å²) in [6.07, 6.45) is 0. The number of aromatic hydroxyl groups is 1. The van der Waals surface area contributed by atoms with E-state index in [0.29, 0.717) is 0 Å². The van der Waals surface area contributed by atoms with Crippen molar-refractivity contribution in [1.82, 2.24) is 10.9 Å².